The van der Waals surface area contributed by atoms with Crippen molar-refractivity contribution in [3.63, 3.8) is 0 Å². The smallest absolute Gasteiger partial charge is 0.0991 e. The van der Waals surface area contributed by atoms with E-state index >= 15 is 0 Å². The molecule has 2 rings (SSSR count). The van der Waals surface area contributed by atoms with Gasteiger partial charge in [0.1, 0.15) is 0 Å². The summed E-state index contributed by atoms with van der Waals surface area (Å²) in [5, 5.41) is 8.95. The molecule has 2 N–H and O–H groups in total. The van der Waals surface area contributed by atoms with Crippen molar-refractivity contribution in [2.45, 2.75) is 70.6 Å². The lowest BCUT2D eigenvalue weighted by atomic mass is 9.87. The van der Waals surface area contributed by atoms with Crippen molar-refractivity contribution >= 4 is 5.69 Å². The molecule has 2 nitrogen and oxygen atoms in total. The van der Waals surface area contributed by atoms with E-state index in [4.69, 9.17) is 11.0 Å². The van der Waals surface area contributed by atoms with Crippen LogP contribution < -0.4 is 5.73 Å². The van der Waals surface area contributed by atoms with Gasteiger partial charge in [-0.15, -0.1) is 0 Å². The van der Waals surface area contributed by atoms with Gasteiger partial charge in [-0.3, -0.25) is 0 Å². The molecule has 0 saturated heterocycles. The zero-order valence-corrected chi connectivity index (χ0v) is 13.1. The van der Waals surface area contributed by atoms with Crippen LogP contribution in [0.3, 0.4) is 0 Å². The minimum atomic E-state index is 0.721. The average molecular weight is 284 g/mol. The Morgan fingerprint density at radius 3 is 2.48 bits per heavy atom. The predicted molar refractivity (Wildman–Crippen MR) is 88.9 cm³/mol. The zero-order chi connectivity index (χ0) is 14.9. The van der Waals surface area contributed by atoms with Gasteiger partial charge in [0.2, 0.25) is 0 Å². The van der Waals surface area contributed by atoms with Crippen LogP contribution in [-0.4, -0.2) is 0 Å². The third-order valence-corrected chi connectivity index (χ3v) is 4.81. The fourth-order valence-electron chi connectivity index (χ4n) is 3.47. The second-order valence-corrected chi connectivity index (χ2v) is 6.48. The Hall–Kier alpha value is -1.49. The van der Waals surface area contributed by atoms with Gasteiger partial charge >= 0.3 is 0 Å². The zero-order valence-electron chi connectivity index (χ0n) is 13.1. The SMILES string of the molecule is N#Cc1ccc(N)c(CCCCC2CCCCCCC2)c1. The molecule has 21 heavy (non-hydrogen) atoms. The van der Waals surface area contributed by atoms with Crippen LogP contribution in [0.5, 0.6) is 0 Å². The van der Waals surface area contributed by atoms with Gasteiger partial charge in [0.25, 0.3) is 0 Å². The molecule has 0 bridgehead atoms. The van der Waals surface area contributed by atoms with E-state index in [-0.39, 0.29) is 0 Å². The third-order valence-electron chi connectivity index (χ3n) is 4.81. The number of aryl methyl sites for hydroxylation is 1. The summed E-state index contributed by atoms with van der Waals surface area (Å²) in [6.07, 6.45) is 14.9. The molecule has 1 aliphatic carbocycles. The highest BCUT2D eigenvalue weighted by atomic mass is 14.6. The number of benzene rings is 1. The molecule has 2 heteroatoms. The Labute approximate surface area is 129 Å². The maximum absolute atomic E-state index is 8.95. The number of nitriles is 1. The van der Waals surface area contributed by atoms with Crippen LogP contribution in [0.15, 0.2) is 18.2 Å². The van der Waals surface area contributed by atoms with Crippen LogP contribution in [0.2, 0.25) is 0 Å². The number of hydrogen-bond acceptors (Lipinski definition) is 2. The van der Waals surface area contributed by atoms with Crippen molar-refractivity contribution in [1.29, 1.82) is 5.26 Å². The molecule has 0 unspecified atom stereocenters. The highest BCUT2D eigenvalue weighted by Crippen LogP contribution is 2.27. The fourth-order valence-corrected chi connectivity index (χ4v) is 3.47. The number of hydrogen-bond donors (Lipinski definition) is 1. The number of nitrogens with zero attached hydrogens (tertiary/aromatic N) is 1. The normalized spacial score (nSPS) is 16.9. The van der Waals surface area contributed by atoms with Crippen LogP contribution in [-0.2, 0) is 6.42 Å². The number of nitrogens with two attached hydrogens (primary N) is 1. The van der Waals surface area contributed by atoms with E-state index in [1.807, 2.05) is 12.1 Å². The largest absolute Gasteiger partial charge is 0.399 e. The molecule has 0 heterocycles. The van der Waals surface area contributed by atoms with Crippen LogP contribution >= 0.6 is 0 Å². The molecule has 0 amide bonds. The Kier molecular flexibility index (Phi) is 6.60. The molecule has 114 valence electrons. The topological polar surface area (TPSA) is 49.8 Å². The molecule has 1 saturated carbocycles. The molecule has 1 fully saturated rings. The van der Waals surface area contributed by atoms with Crippen LogP contribution in [0, 0.1) is 17.2 Å². The van der Waals surface area contributed by atoms with Gasteiger partial charge < -0.3 is 5.73 Å². The van der Waals surface area contributed by atoms with Crippen molar-refractivity contribution in [3.8, 4) is 6.07 Å². The Morgan fingerprint density at radius 2 is 1.76 bits per heavy atom. The van der Waals surface area contributed by atoms with E-state index in [0.717, 1.165) is 29.2 Å². The maximum atomic E-state index is 8.95. The first kappa shape index (κ1) is 15.9. The third kappa shape index (κ3) is 5.42. The summed E-state index contributed by atoms with van der Waals surface area (Å²) in [7, 11) is 0. The Bertz CT molecular complexity index is 465. The van der Waals surface area contributed by atoms with Crippen molar-refractivity contribution in [2.24, 2.45) is 5.92 Å². The van der Waals surface area contributed by atoms with Gasteiger partial charge in [0.05, 0.1) is 11.6 Å². The molecule has 0 atom stereocenters. The molecule has 0 aliphatic heterocycles. The van der Waals surface area contributed by atoms with Crippen molar-refractivity contribution in [2.75, 3.05) is 5.73 Å². The van der Waals surface area contributed by atoms with E-state index in [0.29, 0.717) is 0 Å². The second kappa shape index (κ2) is 8.72. The monoisotopic (exact) mass is 284 g/mol. The highest BCUT2D eigenvalue weighted by molar-refractivity contribution is 5.51. The molecular formula is C19H28N2. The van der Waals surface area contributed by atoms with Crippen molar-refractivity contribution < 1.29 is 0 Å². The van der Waals surface area contributed by atoms with E-state index in [9.17, 15) is 0 Å². The van der Waals surface area contributed by atoms with E-state index < -0.39 is 0 Å². The lowest BCUT2D eigenvalue weighted by Crippen LogP contribution is -2.04. The molecule has 1 aromatic rings. The summed E-state index contributed by atoms with van der Waals surface area (Å²) < 4.78 is 0. The summed E-state index contributed by atoms with van der Waals surface area (Å²) in [6, 6.07) is 7.81. The highest BCUT2D eigenvalue weighted by Gasteiger charge is 2.11. The first-order valence-corrected chi connectivity index (χ1v) is 8.58. The quantitative estimate of drug-likeness (QED) is 0.595. The molecule has 1 aromatic carbocycles. The first-order chi connectivity index (χ1) is 10.3. The first-order valence-electron chi connectivity index (χ1n) is 8.58. The predicted octanol–water partition coefficient (Wildman–Crippen LogP) is 5.21. The fraction of sp³-hybridized carbons (Fsp3) is 0.632. The van der Waals surface area contributed by atoms with Crippen LogP contribution in [0.1, 0.15) is 75.3 Å². The van der Waals surface area contributed by atoms with Crippen LogP contribution in [0.25, 0.3) is 0 Å². The lowest BCUT2D eigenvalue weighted by molar-refractivity contribution is 0.349. The maximum Gasteiger partial charge on any atom is 0.0991 e. The van der Waals surface area contributed by atoms with Crippen molar-refractivity contribution in [3.05, 3.63) is 29.3 Å². The van der Waals surface area contributed by atoms with E-state index in [1.54, 1.807) is 6.07 Å². The summed E-state index contributed by atoms with van der Waals surface area (Å²) in [5.41, 5.74) is 8.70. The summed E-state index contributed by atoms with van der Waals surface area (Å²) >= 11 is 0. The summed E-state index contributed by atoms with van der Waals surface area (Å²) in [6.45, 7) is 0. The molecule has 1 aliphatic rings. The number of rotatable bonds is 5. The summed E-state index contributed by atoms with van der Waals surface area (Å²) in [5.74, 6) is 0.952. The van der Waals surface area contributed by atoms with Gasteiger partial charge in [0, 0.05) is 5.69 Å². The lowest BCUT2D eigenvalue weighted by Gasteiger charge is -2.19. The van der Waals surface area contributed by atoms with Gasteiger partial charge in [-0.1, -0.05) is 57.8 Å². The van der Waals surface area contributed by atoms with E-state index in [2.05, 4.69) is 6.07 Å². The molecule has 0 spiro atoms. The number of nitrogen functional groups attached to an aromatic ring is 1. The standard InChI is InChI=1S/C19H28N2/c20-15-17-12-13-19(21)18(14-17)11-7-6-10-16-8-4-2-1-3-5-9-16/h12-14,16H,1-11,21H2. The average Bonchev–Trinajstić information content (AvgIpc) is 2.47. The van der Waals surface area contributed by atoms with Gasteiger partial charge in [-0.2, -0.15) is 5.26 Å². The minimum Gasteiger partial charge on any atom is -0.399 e. The van der Waals surface area contributed by atoms with Gasteiger partial charge in [-0.25, -0.2) is 0 Å². The summed E-state index contributed by atoms with van der Waals surface area (Å²) in [4.78, 5) is 0. The van der Waals surface area contributed by atoms with E-state index in [1.165, 1.54) is 64.2 Å². The van der Waals surface area contributed by atoms with Gasteiger partial charge in [0.15, 0.2) is 0 Å². The Balaban J connectivity index is 1.72. The number of anilines is 1. The Morgan fingerprint density at radius 1 is 1.05 bits per heavy atom. The number of unbranched alkanes of at least 4 members (excludes halogenated alkanes) is 1. The molecule has 0 aromatic heterocycles. The minimum absolute atomic E-state index is 0.721. The molecule has 0 radical (unpaired) electrons. The van der Waals surface area contributed by atoms with Gasteiger partial charge in [-0.05, 0) is 42.5 Å². The second-order valence-electron chi connectivity index (χ2n) is 6.48. The van der Waals surface area contributed by atoms with Crippen molar-refractivity contribution in [1.82, 2.24) is 0 Å². The molecular weight excluding hydrogens is 256 g/mol. The van der Waals surface area contributed by atoms with Crippen LogP contribution in [0.4, 0.5) is 5.69 Å².